The van der Waals surface area contributed by atoms with Gasteiger partial charge in [0.1, 0.15) is 30.7 Å². The third-order valence-electron chi connectivity index (χ3n) is 4.78. The van der Waals surface area contributed by atoms with Crippen molar-refractivity contribution in [2.75, 3.05) is 6.61 Å². The smallest absolute Gasteiger partial charge is 0.335 e. The highest BCUT2D eigenvalue weighted by Crippen LogP contribution is 2.27. The Bertz CT molecular complexity index is 812. The molecule has 5 atom stereocenters. The van der Waals surface area contributed by atoms with Gasteiger partial charge in [-0.15, -0.1) is 0 Å². The van der Waals surface area contributed by atoms with Crippen LogP contribution in [-0.4, -0.2) is 69.7 Å². The van der Waals surface area contributed by atoms with Crippen molar-refractivity contribution < 1.29 is 44.2 Å². The Morgan fingerprint density at radius 1 is 1.13 bits per heavy atom. The average Bonchev–Trinajstić information content (AvgIpc) is 2.70. The van der Waals surface area contributed by atoms with Crippen molar-refractivity contribution >= 4 is 18.0 Å². The largest absolute Gasteiger partial charge is 0.479 e. The second kappa shape index (κ2) is 10.2. The van der Waals surface area contributed by atoms with Crippen molar-refractivity contribution in [1.29, 1.82) is 0 Å². The van der Waals surface area contributed by atoms with Gasteiger partial charge in [-0.05, 0) is 56.5 Å². The number of carboxylic acid groups (broad SMARTS) is 1. The molecule has 1 fully saturated rings. The zero-order chi connectivity index (χ0) is 23.3. The summed E-state index contributed by atoms with van der Waals surface area (Å²) in [5, 5.41) is 38.9. The van der Waals surface area contributed by atoms with Crippen LogP contribution in [0.2, 0.25) is 0 Å². The third kappa shape index (κ3) is 6.27. The van der Waals surface area contributed by atoms with Gasteiger partial charge in [-0.2, -0.15) is 0 Å². The van der Waals surface area contributed by atoms with E-state index in [1.165, 1.54) is 0 Å². The average molecular weight is 438 g/mol. The van der Waals surface area contributed by atoms with Gasteiger partial charge in [0.05, 0.1) is 5.41 Å². The number of esters is 1. The van der Waals surface area contributed by atoms with E-state index in [4.69, 9.17) is 19.3 Å². The molecule has 9 heteroatoms. The Kier molecular flexibility index (Phi) is 8.19. The highest BCUT2D eigenvalue weighted by atomic mass is 16.7. The molecule has 0 unspecified atom stereocenters. The Labute approximate surface area is 180 Å². The lowest BCUT2D eigenvalue weighted by Crippen LogP contribution is -2.61. The van der Waals surface area contributed by atoms with Crippen molar-refractivity contribution in [3.8, 4) is 5.75 Å². The molecule has 31 heavy (non-hydrogen) atoms. The molecule has 1 heterocycles. The summed E-state index contributed by atoms with van der Waals surface area (Å²) in [4.78, 5) is 23.0. The molecule has 0 aromatic heterocycles. The number of rotatable bonds is 7. The number of aliphatic hydroxyl groups is 3. The zero-order valence-electron chi connectivity index (χ0n) is 18.0. The van der Waals surface area contributed by atoms with Gasteiger partial charge in [0, 0.05) is 0 Å². The van der Waals surface area contributed by atoms with Gasteiger partial charge in [0.2, 0.25) is 6.29 Å². The monoisotopic (exact) mass is 438 g/mol. The van der Waals surface area contributed by atoms with Crippen LogP contribution in [0, 0.1) is 5.41 Å². The Hall–Kier alpha value is -2.46. The molecule has 0 radical (unpaired) electrons. The molecule has 0 spiro atoms. The molecule has 0 saturated carbocycles. The Morgan fingerprint density at radius 2 is 1.81 bits per heavy atom. The van der Waals surface area contributed by atoms with Crippen LogP contribution in [0.4, 0.5) is 0 Å². The summed E-state index contributed by atoms with van der Waals surface area (Å²) in [6.07, 6.45) is -4.16. The maximum Gasteiger partial charge on any atom is 0.335 e. The minimum absolute atomic E-state index is 0.135. The molecular formula is C22H30O9. The summed E-state index contributed by atoms with van der Waals surface area (Å²) in [6.45, 7) is 7.40. The molecular weight excluding hydrogens is 408 g/mol. The lowest BCUT2D eigenvalue weighted by molar-refractivity contribution is -0.271. The lowest BCUT2D eigenvalue weighted by atomic mass is 9.97. The van der Waals surface area contributed by atoms with Crippen molar-refractivity contribution in [1.82, 2.24) is 0 Å². The molecule has 4 N–H and O–H groups in total. The predicted octanol–water partition coefficient (Wildman–Crippen LogP) is 1.12. The van der Waals surface area contributed by atoms with E-state index in [2.05, 4.69) is 0 Å². The van der Waals surface area contributed by atoms with Crippen LogP contribution >= 0.6 is 0 Å². The second-order valence-corrected chi connectivity index (χ2v) is 8.32. The van der Waals surface area contributed by atoms with Crippen molar-refractivity contribution in [2.24, 2.45) is 5.41 Å². The Balaban J connectivity index is 2.08. The molecule has 9 nitrogen and oxygen atoms in total. The second-order valence-electron chi connectivity index (χ2n) is 8.32. The van der Waals surface area contributed by atoms with Crippen LogP contribution in [-0.2, 0) is 25.5 Å². The van der Waals surface area contributed by atoms with Gasteiger partial charge >= 0.3 is 11.9 Å². The van der Waals surface area contributed by atoms with Crippen molar-refractivity contribution in [3.05, 3.63) is 35.4 Å². The number of aliphatic hydroxyl groups excluding tert-OH is 3. The molecule has 1 saturated heterocycles. The van der Waals surface area contributed by atoms with Gasteiger partial charge in [-0.1, -0.05) is 19.1 Å². The zero-order valence-corrected chi connectivity index (χ0v) is 18.0. The van der Waals surface area contributed by atoms with Crippen LogP contribution in [0.1, 0.15) is 38.8 Å². The van der Waals surface area contributed by atoms with E-state index in [1.54, 1.807) is 45.0 Å². The predicted molar refractivity (Wildman–Crippen MR) is 110 cm³/mol. The first-order chi connectivity index (χ1) is 14.5. The lowest BCUT2D eigenvalue weighted by Gasteiger charge is -2.38. The Morgan fingerprint density at radius 3 is 2.39 bits per heavy atom. The highest BCUT2D eigenvalue weighted by Gasteiger charge is 2.48. The van der Waals surface area contributed by atoms with Crippen LogP contribution in [0.15, 0.2) is 24.3 Å². The number of hydrogen-bond acceptors (Lipinski definition) is 8. The number of aryl methyl sites for hydroxylation is 1. The van der Waals surface area contributed by atoms with E-state index in [9.17, 15) is 24.9 Å². The fourth-order valence-corrected chi connectivity index (χ4v) is 2.92. The van der Waals surface area contributed by atoms with Gasteiger partial charge in [0.15, 0.2) is 6.10 Å². The quantitative estimate of drug-likeness (QED) is 0.461. The maximum absolute atomic E-state index is 11.8. The number of carboxylic acids is 1. The number of ether oxygens (including phenoxy) is 3. The van der Waals surface area contributed by atoms with Crippen LogP contribution < -0.4 is 4.74 Å². The summed E-state index contributed by atoms with van der Waals surface area (Å²) in [7, 11) is 0. The standard InChI is InChI=1S/C22H30O9/c1-5-12-11-14(9-8-13(12)7-6-10-29-21(28)22(2,3)4)30-20-17(25)15(23)16(24)18(31-20)19(26)27/h6-9,11,15-18,20,23-25H,5,10H2,1-4H3,(H,26,27)/b7-6+/t15-,16-,17+,18-,20+/m0/s1. The van der Waals surface area contributed by atoms with Crippen LogP contribution in [0.25, 0.3) is 6.08 Å². The normalized spacial score (nSPS) is 26.6. The van der Waals surface area contributed by atoms with E-state index in [-0.39, 0.29) is 12.6 Å². The summed E-state index contributed by atoms with van der Waals surface area (Å²) >= 11 is 0. The van der Waals surface area contributed by atoms with Gasteiger partial charge in [-0.3, -0.25) is 4.79 Å². The summed E-state index contributed by atoms with van der Waals surface area (Å²) in [5.41, 5.74) is 1.18. The van der Waals surface area contributed by atoms with Gasteiger partial charge < -0.3 is 34.6 Å². The number of carbonyl (C=O) groups excluding carboxylic acids is 1. The molecule has 1 aliphatic heterocycles. The number of benzene rings is 1. The minimum Gasteiger partial charge on any atom is -0.479 e. The molecule has 172 valence electrons. The number of aliphatic carboxylic acids is 1. The number of carbonyl (C=O) groups is 2. The first-order valence-electron chi connectivity index (χ1n) is 10.0. The molecule has 0 bridgehead atoms. The topological polar surface area (TPSA) is 143 Å². The molecule has 0 amide bonds. The van der Waals surface area contributed by atoms with E-state index in [0.717, 1.165) is 11.1 Å². The fourth-order valence-electron chi connectivity index (χ4n) is 2.92. The highest BCUT2D eigenvalue weighted by molar-refractivity contribution is 5.75. The number of hydrogen-bond donors (Lipinski definition) is 4. The molecule has 2 rings (SSSR count). The minimum atomic E-state index is -1.78. The van der Waals surface area contributed by atoms with Crippen LogP contribution in [0.5, 0.6) is 5.75 Å². The first-order valence-corrected chi connectivity index (χ1v) is 10.0. The summed E-state index contributed by atoms with van der Waals surface area (Å²) in [6, 6.07) is 5.05. The summed E-state index contributed by atoms with van der Waals surface area (Å²) in [5.74, 6) is -1.48. The molecule has 1 aromatic rings. The van der Waals surface area contributed by atoms with E-state index >= 15 is 0 Å². The van der Waals surface area contributed by atoms with Gasteiger partial charge in [0.25, 0.3) is 0 Å². The molecule has 0 aliphatic carbocycles. The van der Waals surface area contributed by atoms with Crippen molar-refractivity contribution in [2.45, 2.75) is 64.8 Å². The molecule has 1 aromatic carbocycles. The fraction of sp³-hybridized carbons (Fsp3) is 0.545. The van der Waals surface area contributed by atoms with E-state index < -0.39 is 42.1 Å². The van der Waals surface area contributed by atoms with Crippen molar-refractivity contribution in [3.63, 3.8) is 0 Å². The van der Waals surface area contributed by atoms with Gasteiger partial charge in [-0.25, -0.2) is 4.79 Å². The SMILES string of the molecule is CCc1cc(O[C@@H]2O[C@H](C(=O)O)[C@@H](O)[C@H](O)[C@H]2O)ccc1/C=C/COC(=O)C(C)(C)C. The van der Waals surface area contributed by atoms with E-state index in [0.29, 0.717) is 12.2 Å². The third-order valence-corrected chi connectivity index (χ3v) is 4.78. The first kappa shape index (κ1) is 24.8. The molecule has 1 aliphatic rings. The summed E-state index contributed by atoms with van der Waals surface area (Å²) < 4.78 is 15.9. The van der Waals surface area contributed by atoms with E-state index in [1.807, 2.05) is 13.0 Å². The van der Waals surface area contributed by atoms with Crippen LogP contribution in [0.3, 0.4) is 0 Å². The maximum atomic E-state index is 11.8.